The van der Waals surface area contributed by atoms with Crippen LogP contribution in [0.4, 0.5) is 0 Å². The van der Waals surface area contributed by atoms with Gasteiger partial charge in [0.1, 0.15) is 16.6 Å². The maximum Gasteiger partial charge on any atom is 0.230 e. The van der Waals surface area contributed by atoms with Crippen LogP contribution >= 0.6 is 11.8 Å². The predicted octanol–water partition coefficient (Wildman–Crippen LogP) is 5.31. The summed E-state index contributed by atoms with van der Waals surface area (Å²) in [4.78, 5) is 20.9. The van der Waals surface area contributed by atoms with Crippen molar-refractivity contribution >= 4 is 17.7 Å². The largest absolute Gasteiger partial charge is 0.494 e. The van der Waals surface area contributed by atoms with Gasteiger partial charge >= 0.3 is 0 Å². The summed E-state index contributed by atoms with van der Waals surface area (Å²) in [6, 6.07) is 13.9. The second kappa shape index (κ2) is 11.3. The lowest BCUT2D eigenvalue weighted by molar-refractivity contribution is -0.119. The molecule has 1 saturated carbocycles. The minimum Gasteiger partial charge on any atom is -0.494 e. The Morgan fingerprint density at radius 3 is 2.44 bits per heavy atom. The Morgan fingerprint density at radius 1 is 1.06 bits per heavy atom. The maximum atomic E-state index is 12.6. The van der Waals surface area contributed by atoms with Crippen molar-refractivity contribution < 1.29 is 19.0 Å². The van der Waals surface area contributed by atoms with Gasteiger partial charge in [-0.1, -0.05) is 24.6 Å². The van der Waals surface area contributed by atoms with E-state index in [2.05, 4.69) is 10.3 Å². The Morgan fingerprint density at radius 2 is 1.76 bits per heavy atom. The van der Waals surface area contributed by atoms with Gasteiger partial charge in [0.15, 0.2) is 11.5 Å². The van der Waals surface area contributed by atoms with Crippen molar-refractivity contribution in [2.75, 3.05) is 26.6 Å². The van der Waals surface area contributed by atoms with Crippen LogP contribution in [0.3, 0.4) is 0 Å². The van der Waals surface area contributed by atoms with Crippen molar-refractivity contribution in [1.29, 1.82) is 0 Å². The third-order valence-corrected chi connectivity index (χ3v) is 6.82. The van der Waals surface area contributed by atoms with Gasteiger partial charge in [-0.3, -0.25) is 4.79 Å². The van der Waals surface area contributed by atoms with Crippen molar-refractivity contribution in [2.45, 2.75) is 43.7 Å². The lowest BCUT2D eigenvalue weighted by atomic mass is 10.1. The quantitative estimate of drug-likeness (QED) is 0.382. The molecule has 1 aromatic heterocycles. The number of methoxy groups -OCH3 is 2. The summed E-state index contributed by atoms with van der Waals surface area (Å²) < 4.78 is 16.4. The zero-order valence-corrected chi connectivity index (χ0v) is 20.7. The molecule has 7 nitrogen and oxygen atoms in total. The van der Waals surface area contributed by atoms with Gasteiger partial charge in [-0.25, -0.2) is 4.98 Å². The highest BCUT2D eigenvalue weighted by atomic mass is 32.2. The summed E-state index contributed by atoms with van der Waals surface area (Å²) in [5, 5.41) is 3.91. The molecule has 0 unspecified atom stereocenters. The molecule has 1 heterocycles. The molecule has 0 saturated heterocycles. The smallest absolute Gasteiger partial charge is 0.230 e. The average Bonchev–Trinajstić information content (AvgIpc) is 3.53. The molecule has 8 heteroatoms. The van der Waals surface area contributed by atoms with Crippen LogP contribution in [-0.4, -0.2) is 48.5 Å². The SMILES string of the molecule is CCOc1ccc(-c2nc(SCC(=O)NC3CCCC3)c(-c3ccc(OC)c(OC)c3)[nH]2)cc1. The number of thioether (sulfide) groups is 1. The number of imidazole rings is 1. The molecule has 0 aliphatic heterocycles. The zero-order valence-electron chi connectivity index (χ0n) is 19.8. The Labute approximate surface area is 204 Å². The van der Waals surface area contributed by atoms with Crippen molar-refractivity contribution in [3.63, 3.8) is 0 Å². The molecular formula is C26H31N3O4S. The van der Waals surface area contributed by atoms with Gasteiger partial charge in [0, 0.05) is 17.2 Å². The first-order chi connectivity index (χ1) is 16.6. The minimum atomic E-state index is 0.0424. The van der Waals surface area contributed by atoms with E-state index in [9.17, 15) is 4.79 Å². The first-order valence-corrected chi connectivity index (χ1v) is 12.6. The fourth-order valence-electron chi connectivity index (χ4n) is 4.13. The van der Waals surface area contributed by atoms with Crippen LogP contribution in [0.2, 0.25) is 0 Å². The molecule has 1 amide bonds. The molecule has 0 spiro atoms. The topological polar surface area (TPSA) is 85.5 Å². The zero-order chi connectivity index (χ0) is 23.9. The normalized spacial score (nSPS) is 13.6. The molecule has 180 valence electrons. The van der Waals surface area contributed by atoms with E-state index in [0.717, 1.165) is 46.3 Å². The number of carbonyl (C=O) groups is 1. The van der Waals surface area contributed by atoms with Gasteiger partial charge in [0.05, 0.1) is 32.3 Å². The Balaban J connectivity index is 1.61. The standard InChI is InChI=1S/C26H31N3O4S/c1-4-33-20-12-9-17(10-13-20)25-28-24(18-11-14-21(31-2)22(15-18)32-3)26(29-25)34-16-23(30)27-19-7-5-6-8-19/h9-15,19H,4-8,16H2,1-3H3,(H,27,30)(H,28,29). The number of aromatic nitrogens is 2. The highest BCUT2D eigenvalue weighted by Crippen LogP contribution is 2.37. The molecule has 34 heavy (non-hydrogen) atoms. The first-order valence-electron chi connectivity index (χ1n) is 11.6. The van der Waals surface area contributed by atoms with Crippen LogP contribution in [0, 0.1) is 0 Å². The van der Waals surface area contributed by atoms with E-state index in [1.54, 1.807) is 14.2 Å². The van der Waals surface area contributed by atoms with Gasteiger partial charge in [0.2, 0.25) is 5.91 Å². The van der Waals surface area contributed by atoms with E-state index in [1.165, 1.54) is 24.6 Å². The molecular weight excluding hydrogens is 450 g/mol. The minimum absolute atomic E-state index is 0.0424. The monoisotopic (exact) mass is 481 g/mol. The molecule has 2 aromatic carbocycles. The van der Waals surface area contributed by atoms with Crippen molar-refractivity contribution in [2.24, 2.45) is 0 Å². The Kier molecular flexibility index (Phi) is 8.00. The second-order valence-corrected chi connectivity index (χ2v) is 9.09. The number of H-pyrrole nitrogens is 1. The molecule has 2 N–H and O–H groups in total. The van der Waals surface area contributed by atoms with Crippen LogP contribution in [0.25, 0.3) is 22.6 Å². The van der Waals surface area contributed by atoms with Crippen LogP contribution in [0.1, 0.15) is 32.6 Å². The number of benzene rings is 2. The highest BCUT2D eigenvalue weighted by Gasteiger charge is 2.20. The van der Waals surface area contributed by atoms with E-state index in [-0.39, 0.29) is 5.91 Å². The summed E-state index contributed by atoms with van der Waals surface area (Å²) in [6.45, 7) is 2.58. The van der Waals surface area contributed by atoms with Crippen LogP contribution in [0.5, 0.6) is 17.2 Å². The van der Waals surface area contributed by atoms with Gasteiger partial charge in [-0.15, -0.1) is 0 Å². The van der Waals surface area contributed by atoms with E-state index >= 15 is 0 Å². The third kappa shape index (κ3) is 5.67. The van der Waals surface area contributed by atoms with E-state index in [1.807, 2.05) is 49.4 Å². The number of carbonyl (C=O) groups excluding carboxylic acids is 1. The average molecular weight is 482 g/mol. The summed E-state index contributed by atoms with van der Waals surface area (Å²) in [7, 11) is 3.23. The number of nitrogens with zero attached hydrogens (tertiary/aromatic N) is 1. The fourth-order valence-corrected chi connectivity index (χ4v) is 4.96. The summed E-state index contributed by atoms with van der Waals surface area (Å²) in [5.41, 5.74) is 2.68. The number of aromatic amines is 1. The van der Waals surface area contributed by atoms with Crippen LogP contribution in [0.15, 0.2) is 47.5 Å². The number of ether oxygens (including phenoxy) is 3. The summed E-state index contributed by atoms with van der Waals surface area (Å²) in [6.07, 6.45) is 4.51. The van der Waals surface area contributed by atoms with Crippen molar-refractivity contribution in [3.8, 4) is 39.9 Å². The Bertz CT molecular complexity index is 1110. The first kappa shape index (κ1) is 24.0. The lowest BCUT2D eigenvalue weighted by Gasteiger charge is -2.12. The van der Waals surface area contributed by atoms with E-state index < -0.39 is 0 Å². The molecule has 0 bridgehead atoms. The lowest BCUT2D eigenvalue weighted by Crippen LogP contribution is -2.33. The molecule has 1 fully saturated rings. The van der Waals surface area contributed by atoms with Gasteiger partial charge < -0.3 is 24.5 Å². The third-order valence-electron chi connectivity index (χ3n) is 5.84. The molecule has 0 radical (unpaired) electrons. The molecule has 1 aliphatic carbocycles. The number of nitrogens with one attached hydrogen (secondary N) is 2. The number of hydrogen-bond acceptors (Lipinski definition) is 6. The van der Waals surface area contributed by atoms with E-state index in [0.29, 0.717) is 29.9 Å². The molecule has 0 atom stereocenters. The van der Waals surface area contributed by atoms with Gasteiger partial charge in [-0.05, 0) is 62.2 Å². The maximum absolute atomic E-state index is 12.6. The van der Waals surface area contributed by atoms with Crippen molar-refractivity contribution in [3.05, 3.63) is 42.5 Å². The van der Waals surface area contributed by atoms with E-state index in [4.69, 9.17) is 19.2 Å². The number of amides is 1. The van der Waals surface area contributed by atoms with Crippen molar-refractivity contribution in [1.82, 2.24) is 15.3 Å². The van der Waals surface area contributed by atoms with Crippen LogP contribution in [-0.2, 0) is 4.79 Å². The number of rotatable bonds is 10. The Hall–Kier alpha value is -3.13. The molecule has 1 aliphatic rings. The number of hydrogen-bond donors (Lipinski definition) is 2. The highest BCUT2D eigenvalue weighted by molar-refractivity contribution is 8.00. The summed E-state index contributed by atoms with van der Waals surface area (Å²) in [5.74, 6) is 3.18. The second-order valence-electron chi connectivity index (χ2n) is 8.13. The van der Waals surface area contributed by atoms with Crippen LogP contribution < -0.4 is 19.5 Å². The summed E-state index contributed by atoms with van der Waals surface area (Å²) >= 11 is 1.43. The fraction of sp³-hybridized carbons (Fsp3) is 0.385. The van der Waals surface area contributed by atoms with Gasteiger partial charge in [0.25, 0.3) is 0 Å². The molecule has 4 rings (SSSR count). The predicted molar refractivity (Wildman–Crippen MR) is 135 cm³/mol. The molecule has 3 aromatic rings. The van der Waals surface area contributed by atoms with Gasteiger partial charge in [-0.2, -0.15) is 0 Å².